The van der Waals surface area contributed by atoms with Gasteiger partial charge in [0.25, 0.3) is 0 Å². The molecule has 4 heteroatoms. The van der Waals surface area contributed by atoms with Crippen molar-refractivity contribution in [2.45, 2.75) is 25.8 Å². The maximum atomic E-state index is 10.5. The van der Waals surface area contributed by atoms with Crippen LogP contribution in [0.25, 0.3) is 0 Å². The van der Waals surface area contributed by atoms with E-state index in [1.54, 1.807) is 7.11 Å². The number of ether oxygens (including phenoxy) is 1. The maximum absolute atomic E-state index is 10.5. The van der Waals surface area contributed by atoms with E-state index in [1.807, 2.05) is 31.3 Å². The third-order valence-electron chi connectivity index (χ3n) is 3.14. The second kappa shape index (κ2) is 7.01. The summed E-state index contributed by atoms with van der Waals surface area (Å²) in [5.74, 6) is 0.127. The number of rotatable bonds is 7. The number of carboxylic acids is 1. The molecule has 0 saturated carbocycles. The number of methoxy groups -OCH3 is 1. The number of hydrogen-bond acceptors (Lipinski definition) is 3. The first kappa shape index (κ1) is 14.5. The number of benzene rings is 1. The predicted molar refractivity (Wildman–Crippen MR) is 71.0 cm³/mol. The lowest BCUT2D eigenvalue weighted by Crippen LogP contribution is -2.32. The van der Waals surface area contributed by atoms with Crippen LogP contribution in [0.2, 0.25) is 0 Å². The van der Waals surface area contributed by atoms with Crippen molar-refractivity contribution in [3.05, 3.63) is 29.8 Å². The second-order valence-corrected chi connectivity index (χ2v) is 4.49. The molecule has 0 fully saturated rings. The molecule has 0 heterocycles. The van der Waals surface area contributed by atoms with Crippen molar-refractivity contribution >= 4 is 5.97 Å². The maximum Gasteiger partial charge on any atom is 0.304 e. The summed E-state index contributed by atoms with van der Waals surface area (Å²) < 4.78 is 5.31. The van der Waals surface area contributed by atoms with E-state index in [1.165, 1.54) is 0 Å². The van der Waals surface area contributed by atoms with Gasteiger partial charge < -0.3 is 14.7 Å². The average Bonchev–Trinajstić information content (AvgIpc) is 2.36. The fourth-order valence-electron chi connectivity index (χ4n) is 1.84. The second-order valence-electron chi connectivity index (χ2n) is 4.49. The van der Waals surface area contributed by atoms with Crippen molar-refractivity contribution in [2.24, 2.45) is 0 Å². The van der Waals surface area contributed by atoms with Gasteiger partial charge in [-0.05, 0) is 32.0 Å². The Bertz CT molecular complexity index is 392. The summed E-state index contributed by atoms with van der Waals surface area (Å²) in [5, 5.41) is 8.67. The average molecular weight is 251 g/mol. The molecule has 0 aliphatic carbocycles. The Labute approximate surface area is 108 Å². The van der Waals surface area contributed by atoms with Crippen LogP contribution in [-0.2, 0) is 11.2 Å². The van der Waals surface area contributed by atoms with Crippen LogP contribution < -0.4 is 4.74 Å². The molecule has 100 valence electrons. The summed E-state index contributed by atoms with van der Waals surface area (Å²) in [7, 11) is 3.61. The topological polar surface area (TPSA) is 49.8 Å². The summed E-state index contributed by atoms with van der Waals surface area (Å²) in [6.45, 7) is 2.65. The first-order valence-corrected chi connectivity index (χ1v) is 6.08. The summed E-state index contributed by atoms with van der Waals surface area (Å²) in [6.07, 6.45) is 1.02. The highest BCUT2D eigenvalue weighted by atomic mass is 16.5. The number of carbonyl (C=O) groups is 1. The Kier molecular flexibility index (Phi) is 5.65. The lowest BCUT2D eigenvalue weighted by atomic mass is 10.1. The number of para-hydroxylation sites is 1. The molecular weight excluding hydrogens is 230 g/mol. The Morgan fingerprint density at radius 3 is 2.72 bits per heavy atom. The van der Waals surface area contributed by atoms with Crippen molar-refractivity contribution in [3.63, 3.8) is 0 Å². The van der Waals surface area contributed by atoms with Gasteiger partial charge in [-0.15, -0.1) is 0 Å². The third-order valence-corrected chi connectivity index (χ3v) is 3.14. The third kappa shape index (κ3) is 4.37. The van der Waals surface area contributed by atoms with Crippen molar-refractivity contribution in [1.29, 1.82) is 0 Å². The monoisotopic (exact) mass is 251 g/mol. The summed E-state index contributed by atoms with van der Waals surface area (Å²) in [4.78, 5) is 12.6. The van der Waals surface area contributed by atoms with E-state index in [2.05, 4.69) is 11.8 Å². The highest BCUT2D eigenvalue weighted by Crippen LogP contribution is 2.20. The van der Waals surface area contributed by atoms with Gasteiger partial charge in [0.05, 0.1) is 13.5 Å². The zero-order chi connectivity index (χ0) is 13.5. The van der Waals surface area contributed by atoms with E-state index in [4.69, 9.17) is 9.84 Å². The molecule has 0 amide bonds. The van der Waals surface area contributed by atoms with Crippen molar-refractivity contribution in [3.8, 4) is 5.75 Å². The van der Waals surface area contributed by atoms with Gasteiger partial charge in [-0.2, -0.15) is 0 Å². The van der Waals surface area contributed by atoms with Crippen molar-refractivity contribution in [1.82, 2.24) is 4.90 Å². The first-order valence-electron chi connectivity index (χ1n) is 6.08. The number of aliphatic carboxylic acids is 1. The van der Waals surface area contributed by atoms with Gasteiger partial charge in [0.1, 0.15) is 5.75 Å². The summed E-state index contributed by atoms with van der Waals surface area (Å²) in [6, 6.07) is 8.20. The van der Waals surface area contributed by atoms with Gasteiger partial charge in [0, 0.05) is 12.6 Å². The number of hydrogen-bond donors (Lipinski definition) is 1. The first-order chi connectivity index (χ1) is 8.54. The predicted octanol–water partition coefficient (Wildman–Crippen LogP) is 2.03. The van der Waals surface area contributed by atoms with Gasteiger partial charge >= 0.3 is 5.97 Å². The van der Waals surface area contributed by atoms with Crippen molar-refractivity contribution < 1.29 is 14.6 Å². The van der Waals surface area contributed by atoms with Crippen LogP contribution in [0.4, 0.5) is 0 Å². The van der Waals surface area contributed by atoms with Gasteiger partial charge in [0.2, 0.25) is 0 Å². The Hall–Kier alpha value is -1.55. The van der Waals surface area contributed by atoms with Gasteiger partial charge in [0.15, 0.2) is 0 Å². The van der Waals surface area contributed by atoms with Gasteiger partial charge in [-0.1, -0.05) is 18.2 Å². The summed E-state index contributed by atoms with van der Waals surface area (Å²) in [5.41, 5.74) is 1.15. The highest BCUT2D eigenvalue weighted by Gasteiger charge is 2.13. The number of likely N-dealkylation sites (N-methyl/N-ethyl adjacent to an activating group) is 1. The number of nitrogens with zero attached hydrogens (tertiary/aromatic N) is 1. The van der Waals surface area contributed by atoms with Gasteiger partial charge in [-0.25, -0.2) is 0 Å². The largest absolute Gasteiger partial charge is 0.496 e. The van der Waals surface area contributed by atoms with E-state index < -0.39 is 5.97 Å². The lowest BCUT2D eigenvalue weighted by Gasteiger charge is -2.24. The lowest BCUT2D eigenvalue weighted by molar-refractivity contribution is -0.137. The molecule has 1 unspecified atom stereocenters. The zero-order valence-corrected chi connectivity index (χ0v) is 11.2. The molecule has 0 aliphatic rings. The minimum Gasteiger partial charge on any atom is -0.496 e. The summed E-state index contributed by atoms with van der Waals surface area (Å²) >= 11 is 0. The standard InChI is InChI=1S/C14H21NO3/c1-11(15(2)9-8-14(16)17)10-12-6-4-5-7-13(12)18-3/h4-7,11H,8-10H2,1-3H3,(H,16,17). The van der Waals surface area contributed by atoms with Crippen LogP contribution in [0.3, 0.4) is 0 Å². The van der Waals surface area contributed by atoms with E-state index in [0.29, 0.717) is 6.54 Å². The highest BCUT2D eigenvalue weighted by molar-refractivity contribution is 5.66. The van der Waals surface area contributed by atoms with E-state index in [0.717, 1.165) is 17.7 Å². The molecule has 1 aromatic rings. The normalized spacial score (nSPS) is 12.4. The molecule has 0 radical (unpaired) electrons. The molecule has 0 aromatic heterocycles. The fraction of sp³-hybridized carbons (Fsp3) is 0.500. The van der Waals surface area contributed by atoms with Crippen LogP contribution in [-0.4, -0.2) is 42.7 Å². The molecule has 0 bridgehead atoms. The number of carboxylic acid groups (broad SMARTS) is 1. The minimum atomic E-state index is -0.758. The van der Waals surface area contributed by atoms with Crippen molar-refractivity contribution in [2.75, 3.05) is 20.7 Å². The SMILES string of the molecule is COc1ccccc1CC(C)N(C)CCC(=O)O. The van der Waals surface area contributed by atoms with E-state index in [-0.39, 0.29) is 12.5 Å². The molecule has 0 saturated heterocycles. The molecule has 0 spiro atoms. The molecule has 18 heavy (non-hydrogen) atoms. The van der Waals surface area contributed by atoms with Crippen LogP contribution in [0.1, 0.15) is 18.9 Å². The molecule has 1 atom stereocenters. The zero-order valence-electron chi connectivity index (χ0n) is 11.2. The molecule has 4 nitrogen and oxygen atoms in total. The minimum absolute atomic E-state index is 0.173. The van der Waals surface area contributed by atoms with E-state index >= 15 is 0 Å². The van der Waals surface area contributed by atoms with Crippen LogP contribution in [0.5, 0.6) is 5.75 Å². The smallest absolute Gasteiger partial charge is 0.304 e. The molecule has 1 N–H and O–H groups in total. The van der Waals surface area contributed by atoms with Crippen LogP contribution >= 0.6 is 0 Å². The van der Waals surface area contributed by atoms with Gasteiger partial charge in [-0.3, -0.25) is 4.79 Å². The Morgan fingerprint density at radius 2 is 2.11 bits per heavy atom. The Morgan fingerprint density at radius 1 is 1.44 bits per heavy atom. The quantitative estimate of drug-likeness (QED) is 0.805. The Balaban J connectivity index is 2.57. The fourth-order valence-corrected chi connectivity index (χ4v) is 1.84. The van der Waals surface area contributed by atoms with Crippen LogP contribution in [0.15, 0.2) is 24.3 Å². The van der Waals surface area contributed by atoms with Crippen LogP contribution in [0, 0.1) is 0 Å². The molecule has 1 rings (SSSR count). The molecular formula is C14H21NO3. The molecule has 1 aromatic carbocycles. The van der Waals surface area contributed by atoms with E-state index in [9.17, 15) is 4.79 Å². The molecule has 0 aliphatic heterocycles.